The number of nitrogens with two attached hydrogens (primary N) is 1. The van der Waals surface area contributed by atoms with E-state index in [0.29, 0.717) is 12.0 Å². The van der Waals surface area contributed by atoms with Crippen molar-refractivity contribution in [1.29, 1.82) is 0 Å². The van der Waals surface area contributed by atoms with Crippen LogP contribution in [0.15, 0.2) is 18.2 Å². The topological polar surface area (TPSA) is 29.3 Å². The molecule has 1 fully saturated rings. The maximum atomic E-state index is 6.06. The van der Waals surface area contributed by atoms with Gasteiger partial charge >= 0.3 is 0 Å². The van der Waals surface area contributed by atoms with Crippen molar-refractivity contribution in [3.8, 4) is 0 Å². The first-order valence-electron chi connectivity index (χ1n) is 6.60. The highest BCUT2D eigenvalue weighted by Crippen LogP contribution is 2.19. The molecule has 2 N–H and O–H groups in total. The van der Waals surface area contributed by atoms with E-state index in [2.05, 4.69) is 43.9 Å². The molecule has 0 saturated carbocycles. The van der Waals surface area contributed by atoms with E-state index >= 15 is 0 Å². The largest absolute Gasteiger partial charge is 0.327 e. The average molecular weight is 269 g/mol. The second-order valence-corrected chi connectivity index (χ2v) is 5.59. The highest BCUT2D eigenvalue weighted by Gasteiger charge is 2.23. The molecule has 1 aromatic carbocycles. The molecule has 0 spiro atoms. The van der Waals surface area contributed by atoms with Gasteiger partial charge in [-0.05, 0) is 43.9 Å². The minimum atomic E-state index is 0. The number of rotatable bonds is 2. The van der Waals surface area contributed by atoms with E-state index < -0.39 is 0 Å². The molecule has 0 aliphatic carbocycles. The van der Waals surface area contributed by atoms with Gasteiger partial charge in [0.05, 0.1) is 0 Å². The Labute approximate surface area is 117 Å². The van der Waals surface area contributed by atoms with Crippen LogP contribution in [0.4, 0.5) is 0 Å². The van der Waals surface area contributed by atoms with Crippen LogP contribution in [-0.4, -0.2) is 24.0 Å². The van der Waals surface area contributed by atoms with Crippen molar-refractivity contribution in [2.45, 2.75) is 39.8 Å². The van der Waals surface area contributed by atoms with Crippen molar-refractivity contribution in [2.75, 3.05) is 13.1 Å². The van der Waals surface area contributed by atoms with Gasteiger partial charge < -0.3 is 5.73 Å². The molecule has 2 unspecified atom stereocenters. The Morgan fingerprint density at radius 2 is 2.06 bits per heavy atom. The molecule has 0 amide bonds. The fraction of sp³-hybridized carbons (Fsp3) is 0.600. The molecule has 0 radical (unpaired) electrons. The van der Waals surface area contributed by atoms with Gasteiger partial charge in [-0.2, -0.15) is 0 Å². The summed E-state index contributed by atoms with van der Waals surface area (Å²) in [6, 6.07) is 7.12. The first-order valence-corrected chi connectivity index (χ1v) is 6.60. The Hall–Kier alpha value is -0.570. The Bertz CT molecular complexity index is 392. The zero-order valence-corrected chi connectivity index (χ0v) is 12.5. The molecular formula is C15H25ClN2. The summed E-state index contributed by atoms with van der Waals surface area (Å²) in [4.78, 5) is 2.54. The summed E-state index contributed by atoms with van der Waals surface area (Å²) in [5.74, 6) is 0.619. The molecule has 1 aliphatic heterocycles. The van der Waals surface area contributed by atoms with Gasteiger partial charge in [-0.3, -0.25) is 4.90 Å². The number of nitrogens with zero attached hydrogens (tertiary/aromatic N) is 1. The zero-order chi connectivity index (χ0) is 12.4. The third-order valence-corrected chi connectivity index (χ3v) is 3.95. The van der Waals surface area contributed by atoms with Crippen LogP contribution >= 0.6 is 12.4 Å². The van der Waals surface area contributed by atoms with Crippen LogP contribution in [0.1, 0.15) is 30.0 Å². The summed E-state index contributed by atoms with van der Waals surface area (Å²) in [6.07, 6.45) is 1.13. The molecule has 1 aliphatic rings. The van der Waals surface area contributed by atoms with Gasteiger partial charge in [-0.25, -0.2) is 0 Å². The first-order chi connectivity index (χ1) is 8.06. The fourth-order valence-electron chi connectivity index (χ4n) is 2.61. The van der Waals surface area contributed by atoms with Gasteiger partial charge in [0.25, 0.3) is 0 Å². The monoisotopic (exact) mass is 268 g/mol. The van der Waals surface area contributed by atoms with Crippen LogP contribution in [0.5, 0.6) is 0 Å². The van der Waals surface area contributed by atoms with Gasteiger partial charge in [-0.1, -0.05) is 30.7 Å². The van der Waals surface area contributed by atoms with E-state index in [0.717, 1.165) is 26.1 Å². The van der Waals surface area contributed by atoms with Crippen molar-refractivity contribution in [3.05, 3.63) is 34.9 Å². The molecule has 1 saturated heterocycles. The van der Waals surface area contributed by atoms with Crippen LogP contribution in [-0.2, 0) is 6.54 Å². The standard InChI is InChI=1S/C15H24N2.ClH/c1-11-4-5-12(2)14(8-11)10-17-7-6-15(16)13(3)9-17;/h4-5,8,13,15H,6-7,9-10,16H2,1-3H3;1H. The molecule has 1 heterocycles. The molecule has 0 aromatic heterocycles. The van der Waals surface area contributed by atoms with E-state index in [9.17, 15) is 0 Å². The molecule has 2 rings (SSSR count). The summed E-state index contributed by atoms with van der Waals surface area (Å²) in [7, 11) is 0. The van der Waals surface area contributed by atoms with Crippen molar-refractivity contribution in [1.82, 2.24) is 4.90 Å². The van der Waals surface area contributed by atoms with E-state index in [1.54, 1.807) is 0 Å². The van der Waals surface area contributed by atoms with Gasteiger partial charge in [0, 0.05) is 19.1 Å². The minimum absolute atomic E-state index is 0. The minimum Gasteiger partial charge on any atom is -0.327 e. The Morgan fingerprint density at radius 3 is 2.72 bits per heavy atom. The predicted octanol–water partition coefficient (Wildman–Crippen LogP) is 2.89. The third kappa shape index (κ3) is 3.71. The number of hydrogen-bond acceptors (Lipinski definition) is 2. The number of aryl methyl sites for hydroxylation is 2. The molecule has 2 atom stereocenters. The van der Waals surface area contributed by atoms with E-state index in [1.807, 2.05) is 0 Å². The van der Waals surface area contributed by atoms with Gasteiger partial charge in [0.15, 0.2) is 0 Å². The predicted molar refractivity (Wildman–Crippen MR) is 80.2 cm³/mol. The second kappa shape index (κ2) is 6.55. The smallest absolute Gasteiger partial charge is 0.0236 e. The Kier molecular flexibility index (Phi) is 5.64. The number of piperidine rings is 1. The van der Waals surface area contributed by atoms with Crippen LogP contribution in [0, 0.1) is 19.8 Å². The normalized spacial score (nSPS) is 24.7. The maximum Gasteiger partial charge on any atom is 0.0236 e. The number of hydrogen-bond donors (Lipinski definition) is 1. The molecule has 1 aromatic rings. The van der Waals surface area contributed by atoms with Crippen molar-refractivity contribution in [2.24, 2.45) is 11.7 Å². The maximum absolute atomic E-state index is 6.06. The fourth-order valence-corrected chi connectivity index (χ4v) is 2.61. The molecular weight excluding hydrogens is 244 g/mol. The molecule has 18 heavy (non-hydrogen) atoms. The van der Waals surface area contributed by atoms with Crippen LogP contribution in [0.2, 0.25) is 0 Å². The first kappa shape index (κ1) is 15.5. The van der Waals surface area contributed by atoms with E-state index in [4.69, 9.17) is 5.73 Å². The van der Waals surface area contributed by atoms with Crippen LogP contribution < -0.4 is 5.73 Å². The van der Waals surface area contributed by atoms with Gasteiger partial charge in [0.1, 0.15) is 0 Å². The van der Waals surface area contributed by atoms with Crippen molar-refractivity contribution < 1.29 is 0 Å². The van der Waals surface area contributed by atoms with Crippen molar-refractivity contribution in [3.63, 3.8) is 0 Å². The highest BCUT2D eigenvalue weighted by molar-refractivity contribution is 5.85. The van der Waals surface area contributed by atoms with Gasteiger partial charge in [0.2, 0.25) is 0 Å². The highest BCUT2D eigenvalue weighted by atomic mass is 35.5. The van der Waals surface area contributed by atoms with E-state index in [1.165, 1.54) is 16.7 Å². The molecule has 3 heteroatoms. The molecule has 2 nitrogen and oxygen atoms in total. The Balaban J connectivity index is 0.00000162. The quantitative estimate of drug-likeness (QED) is 0.894. The molecule has 102 valence electrons. The number of likely N-dealkylation sites (tertiary alicyclic amines) is 1. The lowest BCUT2D eigenvalue weighted by Crippen LogP contribution is -2.45. The lowest BCUT2D eigenvalue weighted by atomic mass is 9.94. The molecule has 0 bridgehead atoms. The zero-order valence-electron chi connectivity index (χ0n) is 11.6. The van der Waals surface area contributed by atoms with Crippen LogP contribution in [0.25, 0.3) is 0 Å². The van der Waals surface area contributed by atoms with Crippen molar-refractivity contribution >= 4 is 12.4 Å². The third-order valence-electron chi connectivity index (χ3n) is 3.95. The number of halogens is 1. The van der Waals surface area contributed by atoms with Crippen LogP contribution in [0.3, 0.4) is 0 Å². The number of benzene rings is 1. The lowest BCUT2D eigenvalue weighted by Gasteiger charge is -2.35. The Morgan fingerprint density at radius 1 is 1.33 bits per heavy atom. The SMILES string of the molecule is Cc1ccc(C)c(CN2CCC(N)C(C)C2)c1.Cl. The second-order valence-electron chi connectivity index (χ2n) is 5.59. The summed E-state index contributed by atoms with van der Waals surface area (Å²) < 4.78 is 0. The summed E-state index contributed by atoms with van der Waals surface area (Å²) in [5, 5.41) is 0. The van der Waals surface area contributed by atoms with E-state index in [-0.39, 0.29) is 12.4 Å². The summed E-state index contributed by atoms with van der Waals surface area (Å²) >= 11 is 0. The summed E-state index contributed by atoms with van der Waals surface area (Å²) in [5.41, 5.74) is 10.3. The average Bonchev–Trinajstić information content (AvgIpc) is 2.29. The summed E-state index contributed by atoms with van der Waals surface area (Å²) in [6.45, 7) is 9.98. The lowest BCUT2D eigenvalue weighted by molar-refractivity contribution is 0.157. The van der Waals surface area contributed by atoms with Gasteiger partial charge in [-0.15, -0.1) is 12.4 Å².